The summed E-state index contributed by atoms with van der Waals surface area (Å²) in [6.45, 7) is 6.29. The molecule has 0 radical (unpaired) electrons. The van der Waals surface area contributed by atoms with Crippen LogP contribution in [0.25, 0.3) is 0 Å². The Labute approximate surface area is 128 Å². The summed E-state index contributed by atoms with van der Waals surface area (Å²) in [5, 5.41) is 11.5. The van der Waals surface area contributed by atoms with Crippen molar-refractivity contribution in [1.82, 2.24) is 20.1 Å². The van der Waals surface area contributed by atoms with Gasteiger partial charge in [0.25, 0.3) is 0 Å². The average Bonchev–Trinajstić information content (AvgIpc) is 2.94. The second kappa shape index (κ2) is 7.64. The molecule has 1 aromatic heterocycles. The molecule has 0 bridgehead atoms. The number of amides is 1. The molecular formula is C15H18N4OS. The maximum absolute atomic E-state index is 12.0. The predicted octanol–water partition coefficient (Wildman–Crippen LogP) is 2.43. The van der Waals surface area contributed by atoms with Gasteiger partial charge in [-0.2, -0.15) is 0 Å². The Bertz CT molecular complexity index is 597. The van der Waals surface area contributed by atoms with Crippen LogP contribution in [0.1, 0.15) is 18.5 Å². The summed E-state index contributed by atoms with van der Waals surface area (Å²) < 4.78 is 1.85. The first-order valence-electron chi connectivity index (χ1n) is 6.66. The highest BCUT2D eigenvalue weighted by Gasteiger charge is 2.11. The number of nitrogens with one attached hydrogen (secondary N) is 1. The molecule has 1 N–H and O–H groups in total. The molecule has 0 saturated heterocycles. The molecule has 1 heterocycles. The first kappa shape index (κ1) is 15.3. The highest BCUT2D eigenvalue weighted by Crippen LogP contribution is 2.16. The lowest BCUT2D eigenvalue weighted by atomic mass is 10.1. The predicted molar refractivity (Wildman–Crippen MR) is 83.9 cm³/mol. The number of aromatic nitrogens is 3. The Balaban J connectivity index is 1.85. The van der Waals surface area contributed by atoms with Gasteiger partial charge in [0.2, 0.25) is 5.91 Å². The van der Waals surface area contributed by atoms with Gasteiger partial charge in [-0.3, -0.25) is 4.79 Å². The van der Waals surface area contributed by atoms with Crippen molar-refractivity contribution in [1.29, 1.82) is 0 Å². The van der Waals surface area contributed by atoms with E-state index in [1.165, 1.54) is 11.8 Å². The van der Waals surface area contributed by atoms with Crippen molar-refractivity contribution >= 4 is 17.7 Å². The molecule has 0 saturated carbocycles. The fourth-order valence-electron chi connectivity index (χ4n) is 1.86. The first-order chi connectivity index (χ1) is 10.2. The van der Waals surface area contributed by atoms with Crippen LogP contribution in [0.15, 0.2) is 54.5 Å². The maximum Gasteiger partial charge on any atom is 0.230 e. The van der Waals surface area contributed by atoms with Crippen LogP contribution < -0.4 is 5.32 Å². The number of nitrogens with zero attached hydrogens (tertiary/aromatic N) is 3. The van der Waals surface area contributed by atoms with Crippen LogP contribution in [0, 0.1) is 0 Å². The van der Waals surface area contributed by atoms with Crippen LogP contribution in [0.2, 0.25) is 0 Å². The van der Waals surface area contributed by atoms with Crippen molar-refractivity contribution in [3.05, 3.63) is 54.9 Å². The fourth-order valence-corrected chi connectivity index (χ4v) is 2.59. The number of carbonyl (C=O) groups is 1. The van der Waals surface area contributed by atoms with Crippen molar-refractivity contribution < 1.29 is 4.79 Å². The minimum absolute atomic E-state index is 0.00894. The molecule has 6 heteroatoms. The molecule has 0 aliphatic heterocycles. The van der Waals surface area contributed by atoms with E-state index in [0.717, 1.165) is 10.7 Å². The van der Waals surface area contributed by atoms with Gasteiger partial charge in [0.05, 0.1) is 11.8 Å². The molecule has 0 fully saturated rings. The second-order valence-corrected chi connectivity index (χ2v) is 5.49. The number of allylic oxidation sites excluding steroid dienone is 1. The van der Waals surface area contributed by atoms with E-state index in [4.69, 9.17) is 0 Å². The number of rotatable bonds is 7. The third-order valence-corrected chi connectivity index (χ3v) is 3.90. The zero-order chi connectivity index (χ0) is 15.1. The Morgan fingerprint density at radius 3 is 2.95 bits per heavy atom. The Morgan fingerprint density at radius 2 is 2.24 bits per heavy atom. The van der Waals surface area contributed by atoms with E-state index in [1.807, 2.05) is 41.8 Å². The average molecular weight is 302 g/mol. The third kappa shape index (κ3) is 4.46. The van der Waals surface area contributed by atoms with E-state index < -0.39 is 0 Å². The van der Waals surface area contributed by atoms with Gasteiger partial charge in [-0.05, 0) is 12.5 Å². The Morgan fingerprint density at radius 1 is 1.48 bits per heavy atom. The summed E-state index contributed by atoms with van der Waals surface area (Å²) in [6.07, 6.45) is 3.40. The summed E-state index contributed by atoms with van der Waals surface area (Å²) >= 11 is 1.37. The molecule has 2 rings (SSSR count). The molecule has 5 nitrogen and oxygen atoms in total. The van der Waals surface area contributed by atoms with E-state index >= 15 is 0 Å². The smallest absolute Gasteiger partial charge is 0.230 e. The van der Waals surface area contributed by atoms with Crippen LogP contribution in [0.5, 0.6) is 0 Å². The second-order valence-electron chi connectivity index (χ2n) is 4.54. The summed E-state index contributed by atoms with van der Waals surface area (Å²) in [4.78, 5) is 12.0. The highest BCUT2D eigenvalue weighted by atomic mass is 32.2. The Kier molecular flexibility index (Phi) is 5.57. The van der Waals surface area contributed by atoms with Gasteiger partial charge in [0.1, 0.15) is 6.33 Å². The zero-order valence-corrected chi connectivity index (χ0v) is 12.7. The number of thioether (sulfide) groups is 1. The van der Waals surface area contributed by atoms with E-state index in [2.05, 4.69) is 22.1 Å². The third-order valence-electron chi connectivity index (χ3n) is 2.92. The Hall–Kier alpha value is -2.08. The minimum Gasteiger partial charge on any atom is -0.349 e. The normalized spacial score (nSPS) is 11.9. The van der Waals surface area contributed by atoms with Crippen molar-refractivity contribution in [2.75, 3.05) is 5.75 Å². The zero-order valence-electron chi connectivity index (χ0n) is 11.9. The van der Waals surface area contributed by atoms with Gasteiger partial charge in [-0.1, -0.05) is 48.2 Å². The van der Waals surface area contributed by atoms with Gasteiger partial charge < -0.3 is 9.88 Å². The van der Waals surface area contributed by atoms with Gasteiger partial charge >= 0.3 is 0 Å². The molecule has 1 amide bonds. The van der Waals surface area contributed by atoms with E-state index in [0.29, 0.717) is 12.3 Å². The van der Waals surface area contributed by atoms with Crippen LogP contribution >= 0.6 is 11.8 Å². The molecule has 21 heavy (non-hydrogen) atoms. The van der Waals surface area contributed by atoms with Crippen molar-refractivity contribution in [2.45, 2.75) is 24.7 Å². The number of hydrogen-bond donors (Lipinski definition) is 1. The summed E-state index contributed by atoms with van der Waals surface area (Å²) in [5.41, 5.74) is 1.09. The highest BCUT2D eigenvalue weighted by molar-refractivity contribution is 7.99. The summed E-state index contributed by atoms with van der Waals surface area (Å²) in [6, 6.07) is 9.87. The van der Waals surface area contributed by atoms with Crippen LogP contribution in [-0.2, 0) is 11.3 Å². The molecule has 110 valence electrons. The lowest BCUT2D eigenvalue weighted by molar-refractivity contribution is -0.119. The lowest BCUT2D eigenvalue weighted by Crippen LogP contribution is -2.28. The standard InChI is InChI=1S/C15H18N4OS/c1-3-9-19-11-16-18-15(19)21-10-14(20)17-12(2)13-7-5-4-6-8-13/h3-8,11-12H,1,9-10H2,2H3,(H,17,20)/t12-/m0/s1. The van der Waals surface area contributed by atoms with Crippen molar-refractivity contribution in [3.8, 4) is 0 Å². The van der Waals surface area contributed by atoms with Gasteiger partial charge in [0, 0.05) is 6.54 Å². The van der Waals surface area contributed by atoms with E-state index in [-0.39, 0.29) is 11.9 Å². The van der Waals surface area contributed by atoms with Crippen molar-refractivity contribution in [2.24, 2.45) is 0 Å². The first-order valence-corrected chi connectivity index (χ1v) is 7.65. The number of benzene rings is 1. The maximum atomic E-state index is 12.0. The van der Waals surface area contributed by atoms with Crippen LogP contribution in [-0.4, -0.2) is 26.4 Å². The molecule has 0 aliphatic rings. The van der Waals surface area contributed by atoms with Gasteiger partial charge in [-0.15, -0.1) is 16.8 Å². The fraction of sp³-hybridized carbons (Fsp3) is 0.267. The largest absolute Gasteiger partial charge is 0.349 e. The SMILES string of the molecule is C=CCn1cnnc1SCC(=O)N[C@@H](C)c1ccccc1. The molecule has 2 aromatic rings. The lowest BCUT2D eigenvalue weighted by Gasteiger charge is -2.14. The summed E-state index contributed by atoms with van der Waals surface area (Å²) in [7, 11) is 0. The minimum atomic E-state index is -0.0236. The molecule has 1 aromatic carbocycles. The monoisotopic (exact) mass is 302 g/mol. The number of hydrogen-bond acceptors (Lipinski definition) is 4. The van der Waals surface area contributed by atoms with Crippen LogP contribution in [0.4, 0.5) is 0 Å². The molecular weight excluding hydrogens is 284 g/mol. The molecule has 0 aliphatic carbocycles. The quantitative estimate of drug-likeness (QED) is 0.630. The van der Waals surface area contributed by atoms with Gasteiger partial charge in [-0.25, -0.2) is 0 Å². The summed E-state index contributed by atoms with van der Waals surface area (Å²) in [5.74, 6) is 0.289. The van der Waals surface area contributed by atoms with Crippen LogP contribution in [0.3, 0.4) is 0 Å². The molecule has 1 atom stereocenters. The topological polar surface area (TPSA) is 59.8 Å². The number of carbonyl (C=O) groups excluding carboxylic acids is 1. The van der Waals surface area contributed by atoms with E-state index in [1.54, 1.807) is 12.4 Å². The molecule has 0 unspecified atom stereocenters. The van der Waals surface area contributed by atoms with E-state index in [9.17, 15) is 4.79 Å². The van der Waals surface area contributed by atoms with Crippen molar-refractivity contribution in [3.63, 3.8) is 0 Å². The molecule has 0 spiro atoms. The van der Waals surface area contributed by atoms with Gasteiger partial charge in [0.15, 0.2) is 5.16 Å².